The van der Waals surface area contributed by atoms with E-state index in [1.165, 1.54) is 22.5 Å². The molecule has 4 rings (SSSR count). The summed E-state index contributed by atoms with van der Waals surface area (Å²) in [7, 11) is -2.07. The zero-order chi connectivity index (χ0) is 28.3. The Balaban J connectivity index is 1.42. The van der Waals surface area contributed by atoms with E-state index in [9.17, 15) is 18.0 Å². The number of carbonyl (C=O) groups is 2. The first-order valence-corrected chi connectivity index (χ1v) is 14.9. The number of aryl methyl sites for hydroxylation is 1. The van der Waals surface area contributed by atoms with Crippen LogP contribution in [-0.2, 0) is 26.6 Å². The molecule has 0 bridgehead atoms. The normalized spacial score (nSPS) is 18.0. The molecule has 1 aromatic heterocycles. The van der Waals surface area contributed by atoms with Gasteiger partial charge in [0.15, 0.2) is 0 Å². The summed E-state index contributed by atoms with van der Waals surface area (Å²) in [6.07, 6.45) is 0.0939. The molecule has 39 heavy (non-hydrogen) atoms. The van der Waals surface area contributed by atoms with Crippen molar-refractivity contribution in [1.82, 2.24) is 19.5 Å². The predicted octanol–water partition coefficient (Wildman–Crippen LogP) is 3.84. The minimum atomic E-state index is -3.89. The van der Waals surface area contributed by atoms with E-state index in [0.717, 1.165) is 10.9 Å². The molecule has 0 aliphatic carbocycles. The fourth-order valence-electron chi connectivity index (χ4n) is 4.61. The molecule has 2 aromatic carbocycles. The highest BCUT2D eigenvalue weighted by Crippen LogP contribution is 2.28. The Hall–Kier alpha value is -2.63. The van der Waals surface area contributed by atoms with E-state index < -0.39 is 22.2 Å². The van der Waals surface area contributed by atoms with Crippen LogP contribution in [0.3, 0.4) is 0 Å². The lowest BCUT2D eigenvalue weighted by Gasteiger charge is -2.33. The van der Waals surface area contributed by atoms with E-state index in [1.807, 2.05) is 45.2 Å². The second-order valence-corrected chi connectivity index (χ2v) is 12.4. The number of para-hydroxylation sites is 1. The van der Waals surface area contributed by atoms with Crippen molar-refractivity contribution in [2.75, 3.05) is 26.2 Å². The second kappa shape index (κ2) is 12.3. The molecule has 0 spiro atoms. The van der Waals surface area contributed by atoms with Gasteiger partial charge in [-0.1, -0.05) is 61.7 Å². The molecule has 1 unspecified atom stereocenters. The van der Waals surface area contributed by atoms with Crippen molar-refractivity contribution in [3.05, 3.63) is 64.3 Å². The van der Waals surface area contributed by atoms with Crippen LogP contribution in [0.15, 0.2) is 53.4 Å². The van der Waals surface area contributed by atoms with Crippen molar-refractivity contribution >= 4 is 55.9 Å². The lowest BCUT2D eigenvalue weighted by atomic mass is 9.98. The molecular formula is C27H32Cl2N4O5S. The Morgan fingerprint density at radius 3 is 2.59 bits per heavy atom. The van der Waals surface area contributed by atoms with Gasteiger partial charge in [0.1, 0.15) is 16.6 Å². The number of halogens is 2. The van der Waals surface area contributed by atoms with Crippen molar-refractivity contribution in [3.8, 4) is 0 Å². The zero-order valence-electron chi connectivity index (χ0n) is 22.0. The molecule has 3 aromatic rings. The Labute approximate surface area is 238 Å². The van der Waals surface area contributed by atoms with E-state index in [2.05, 4.69) is 10.6 Å². The number of carbonyl (C=O) groups excluding carboxylic acids is 2. The topological polar surface area (TPSA) is 110 Å². The number of nitrogens with one attached hydrogen (secondary N) is 2. The van der Waals surface area contributed by atoms with Crippen molar-refractivity contribution < 1.29 is 22.7 Å². The van der Waals surface area contributed by atoms with Gasteiger partial charge in [-0.3, -0.25) is 9.59 Å². The SMILES string of the molecule is CC[C@H](C)[C@H](NC(=O)c1cc2ccccc2n1C)C(=O)NCC1CN(S(=O)(=O)c2ccc(Cl)cc2Cl)CCO1. The monoisotopic (exact) mass is 594 g/mol. The van der Waals surface area contributed by atoms with Crippen LogP contribution in [0.4, 0.5) is 0 Å². The molecule has 2 amide bonds. The van der Waals surface area contributed by atoms with Crippen LogP contribution < -0.4 is 10.6 Å². The molecule has 3 atom stereocenters. The summed E-state index contributed by atoms with van der Waals surface area (Å²) in [5, 5.41) is 7.05. The van der Waals surface area contributed by atoms with Gasteiger partial charge in [0.25, 0.3) is 5.91 Å². The van der Waals surface area contributed by atoms with Crippen LogP contribution in [0.2, 0.25) is 10.0 Å². The summed E-state index contributed by atoms with van der Waals surface area (Å²) in [5.74, 6) is -0.846. The first kappa shape index (κ1) is 29.4. The molecule has 12 heteroatoms. The molecule has 9 nitrogen and oxygen atoms in total. The van der Waals surface area contributed by atoms with Crippen LogP contribution >= 0.6 is 23.2 Å². The number of nitrogens with zero attached hydrogens (tertiary/aromatic N) is 2. The number of ether oxygens (including phenoxy) is 1. The average Bonchev–Trinajstić information content (AvgIpc) is 3.26. The maximum atomic E-state index is 13.2. The number of aromatic nitrogens is 1. The number of morpholine rings is 1. The first-order valence-electron chi connectivity index (χ1n) is 12.7. The fourth-order valence-corrected chi connectivity index (χ4v) is 6.81. The third-order valence-electron chi connectivity index (χ3n) is 7.08. The van der Waals surface area contributed by atoms with E-state index in [4.69, 9.17) is 27.9 Å². The van der Waals surface area contributed by atoms with Crippen molar-refractivity contribution in [1.29, 1.82) is 0 Å². The molecule has 1 aliphatic heterocycles. The Morgan fingerprint density at radius 1 is 1.15 bits per heavy atom. The number of amides is 2. The molecular weight excluding hydrogens is 563 g/mol. The number of sulfonamides is 1. The summed E-state index contributed by atoms with van der Waals surface area (Å²) in [6.45, 7) is 4.28. The highest BCUT2D eigenvalue weighted by Gasteiger charge is 2.33. The van der Waals surface area contributed by atoms with Crippen molar-refractivity contribution in [2.24, 2.45) is 13.0 Å². The maximum Gasteiger partial charge on any atom is 0.268 e. The van der Waals surface area contributed by atoms with Gasteiger partial charge in [0.05, 0.1) is 17.7 Å². The minimum Gasteiger partial charge on any atom is -0.374 e. The van der Waals surface area contributed by atoms with Crippen LogP contribution in [0.5, 0.6) is 0 Å². The smallest absolute Gasteiger partial charge is 0.268 e. The number of fused-ring (bicyclic) bond motifs is 1. The van der Waals surface area contributed by atoms with Crippen LogP contribution in [-0.4, -0.2) is 67.5 Å². The van der Waals surface area contributed by atoms with Crippen LogP contribution in [0.1, 0.15) is 30.8 Å². The largest absolute Gasteiger partial charge is 0.374 e. The molecule has 0 saturated carbocycles. The minimum absolute atomic E-state index is 0.0360. The molecule has 210 valence electrons. The summed E-state index contributed by atoms with van der Waals surface area (Å²) in [6, 6.07) is 12.9. The van der Waals surface area contributed by atoms with E-state index in [-0.39, 0.29) is 53.9 Å². The summed E-state index contributed by atoms with van der Waals surface area (Å²) in [5.41, 5.74) is 1.37. The van der Waals surface area contributed by atoms with E-state index in [0.29, 0.717) is 17.1 Å². The molecule has 0 radical (unpaired) electrons. The average molecular weight is 596 g/mol. The predicted molar refractivity (Wildman–Crippen MR) is 152 cm³/mol. The Kier molecular flexibility index (Phi) is 9.23. The van der Waals surface area contributed by atoms with Gasteiger partial charge in [0, 0.05) is 42.6 Å². The first-order chi connectivity index (χ1) is 18.5. The molecule has 2 N–H and O–H groups in total. The van der Waals surface area contributed by atoms with Gasteiger partial charge in [-0.15, -0.1) is 0 Å². The quantitative estimate of drug-likeness (QED) is 0.391. The fraction of sp³-hybridized carbons (Fsp3) is 0.407. The van der Waals surface area contributed by atoms with Gasteiger partial charge in [0.2, 0.25) is 15.9 Å². The highest BCUT2D eigenvalue weighted by atomic mass is 35.5. The molecule has 2 heterocycles. The number of hydrogen-bond donors (Lipinski definition) is 2. The Morgan fingerprint density at radius 2 is 1.90 bits per heavy atom. The number of hydrogen-bond acceptors (Lipinski definition) is 5. The Bertz CT molecular complexity index is 1480. The summed E-state index contributed by atoms with van der Waals surface area (Å²) >= 11 is 12.1. The third-order valence-corrected chi connectivity index (χ3v) is 9.67. The number of rotatable bonds is 9. The summed E-state index contributed by atoms with van der Waals surface area (Å²) < 4.78 is 35.2. The lowest BCUT2D eigenvalue weighted by molar-refractivity contribution is -0.125. The van der Waals surface area contributed by atoms with Gasteiger partial charge in [-0.25, -0.2) is 8.42 Å². The van der Waals surface area contributed by atoms with E-state index in [1.54, 1.807) is 10.6 Å². The van der Waals surface area contributed by atoms with Crippen molar-refractivity contribution in [2.45, 2.75) is 37.3 Å². The maximum absolute atomic E-state index is 13.2. The van der Waals surface area contributed by atoms with Crippen LogP contribution in [0, 0.1) is 5.92 Å². The second-order valence-electron chi connectivity index (χ2n) is 9.66. The molecule has 1 aliphatic rings. The highest BCUT2D eigenvalue weighted by molar-refractivity contribution is 7.89. The molecule has 1 fully saturated rings. The van der Waals surface area contributed by atoms with Crippen molar-refractivity contribution in [3.63, 3.8) is 0 Å². The van der Waals surface area contributed by atoms with Crippen LogP contribution in [0.25, 0.3) is 10.9 Å². The van der Waals surface area contributed by atoms with Gasteiger partial charge >= 0.3 is 0 Å². The van der Waals surface area contributed by atoms with E-state index >= 15 is 0 Å². The zero-order valence-corrected chi connectivity index (χ0v) is 24.3. The lowest BCUT2D eigenvalue weighted by Crippen LogP contribution is -2.54. The third kappa shape index (κ3) is 6.41. The van der Waals surface area contributed by atoms with Gasteiger partial charge in [-0.05, 0) is 36.2 Å². The van der Waals surface area contributed by atoms with Gasteiger partial charge < -0.3 is 19.9 Å². The summed E-state index contributed by atoms with van der Waals surface area (Å²) in [4.78, 5) is 26.4. The number of benzene rings is 2. The molecule has 1 saturated heterocycles. The standard InChI is InChI=1S/C27H32Cl2N4O5S/c1-4-17(2)25(31-26(34)23-13-18-7-5-6-8-22(18)32(23)3)27(35)30-15-20-16-33(11-12-38-20)39(36,37)24-10-9-19(28)14-21(24)29/h5-10,13-14,17,20,25H,4,11-12,15-16H2,1-3H3,(H,30,35)(H,31,34)/t17-,20?,25-/m0/s1. The van der Waals surface area contributed by atoms with Gasteiger partial charge in [-0.2, -0.15) is 4.31 Å².